The number of benzene rings is 2. The van der Waals surface area contributed by atoms with E-state index in [0.29, 0.717) is 28.5 Å². The van der Waals surface area contributed by atoms with Gasteiger partial charge < -0.3 is 5.11 Å². The van der Waals surface area contributed by atoms with Gasteiger partial charge in [-0.15, -0.1) is 0 Å². The number of nitrogens with zero attached hydrogens (tertiary/aromatic N) is 6. The quantitative estimate of drug-likeness (QED) is 0.270. The van der Waals surface area contributed by atoms with Gasteiger partial charge in [0.15, 0.2) is 0 Å². The zero-order chi connectivity index (χ0) is 27.8. The van der Waals surface area contributed by atoms with E-state index in [1.54, 1.807) is 37.6 Å². The van der Waals surface area contributed by atoms with Gasteiger partial charge in [0.05, 0.1) is 18.2 Å². The molecule has 2 aromatic carbocycles. The van der Waals surface area contributed by atoms with Crippen molar-refractivity contribution >= 4 is 0 Å². The lowest BCUT2D eigenvalue weighted by atomic mass is 9.86. The van der Waals surface area contributed by atoms with E-state index in [4.69, 9.17) is 0 Å². The van der Waals surface area contributed by atoms with Gasteiger partial charge in [0, 0.05) is 41.3 Å². The lowest BCUT2D eigenvalue weighted by Gasteiger charge is -2.34. The van der Waals surface area contributed by atoms with Crippen LogP contribution in [0.1, 0.15) is 24.1 Å². The predicted octanol–water partition coefficient (Wildman–Crippen LogP) is 5.65. The molecule has 2 atom stereocenters. The van der Waals surface area contributed by atoms with Gasteiger partial charge in [-0.2, -0.15) is 23.4 Å². The first-order valence-electron chi connectivity index (χ1n) is 11.7. The molecule has 3 heterocycles. The largest absolute Gasteiger partial charge is 0.416 e. The van der Waals surface area contributed by atoms with E-state index in [0.717, 1.165) is 24.3 Å². The molecule has 12 heteroatoms. The molecular formula is C27H21F5N6O. The van der Waals surface area contributed by atoms with Crippen LogP contribution in [0.25, 0.3) is 22.4 Å². The summed E-state index contributed by atoms with van der Waals surface area (Å²) in [4.78, 5) is 7.87. The van der Waals surface area contributed by atoms with Gasteiger partial charge in [-0.05, 0) is 42.8 Å². The first kappa shape index (κ1) is 26.2. The van der Waals surface area contributed by atoms with Crippen LogP contribution >= 0.6 is 0 Å². The zero-order valence-electron chi connectivity index (χ0n) is 20.4. The standard InChI is InChI=1S/C27H21F5N6O/c1-17(26(39,14-37-16-34-15-35-37)23-7-6-21(28)12-24(23)29)38-13-22(25(36-38)19-8-10-33-11-9-19)18-2-4-20(5-3-18)27(30,31)32/h2-13,15-17,39H,14H2,1H3/t17-,26-/m1/s1. The Hall–Kier alpha value is -4.45. The molecule has 0 aliphatic rings. The highest BCUT2D eigenvalue weighted by Gasteiger charge is 2.41. The minimum atomic E-state index is -4.50. The summed E-state index contributed by atoms with van der Waals surface area (Å²) in [7, 11) is 0. The third kappa shape index (κ3) is 5.15. The van der Waals surface area contributed by atoms with Crippen LogP contribution in [0.2, 0.25) is 0 Å². The van der Waals surface area contributed by atoms with Crippen LogP contribution in [0, 0.1) is 11.6 Å². The number of hydrogen-bond donors (Lipinski definition) is 1. The number of rotatable bonds is 7. The molecule has 0 aliphatic carbocycles. The molecule has 0 radical (unpaired) electrons. The fourth-order valence-corrected chi connectivity index (χ4v) is 4.43. The Kier molecular flexibility index (Phi) is 6.73. The van der Waals surface area contributed by atoms with Crippen LogP contribution in [0.5, 0.6) is 0 Å². The van der Waals surface area contributed by atoms with Gasteiger partial charge in [0.25, 0.3) is 0 Å². The van der Waals surface area contributed by atoms with Gasteiger partial charge in [-0.1, -0.05) is 18.2 Å². The number of alkyl halides is 3. The van der Waals surface area contributed by atoms with Gasteiger partial charge in [0.1, 0.15) is 35.6 Å². The summed E-state index contributed by atoms with van der Waals surface area (Å²) in [6.07, 6.45) is 2.76. The highest BCUT2D eigenvalue weighted by atomic mass is 19.4. The van der Waals surface area contributed by atoms with E-state index in [9.17, 15) is 22.7 Å². The second-order valence-electron chi connectivity index (χ2n) is 9.00. The van der Waals surface area contributed by atoms with Crippen molar-refractivity contribution in [3.05, 3.63) is 109 Å². The SMILES string of the molecule is C[C@@H](n1cc(-c2ccc(C(F)(F)F)cc2)c(-c2ccncc2)n1)[C@](O)(Cn1cncn1)c1ccc(F)cc1F. The van der Waals surface area contributed by atoms with Crippen molar-refractivity contribution in [2.75, 3.05) is 0 Å². The average Bonchev–Trinajstić information content (AvgIpc) is 3.58. The summed E-state index contributed by atoms with van der Waals surface area (Å²) in [6.45, 7) is 1.34. The van der Waals surface area contributed by atoms with E-state index in [1.165, 1.54) is 34.2 Å². The molecule has 0 spiro atoms. The summed E-state index contributed by atoms with van der Waals surface area (Å²) < 4.78 is 71.0. The number of hydrogen-bond acceptors (Lipinski definition) is 5. The number of aliphatic hydroxyl groups is 1. The minimum absolute atomic E-state index is 0.191. The second kappa shape index (κ2) is 10.0. The van der Waals surface area contributed by atoms with Crippen LogP contribution < -0.4 is 0 Å². The maximum Gasteiger partial charge on any atom is 0.416 e. The minimum Gasteiger partial charge on any atom is -0.381 e. The van der Waals surface area contributed by atoms with E-state index in [-0.39, 0.29) is 12.1 Å². The van der Waals surface area contributed by atoms with E-state index in [1.807, 2.05) is 0 Å². The van der Waals surface area contributed by atoms with Gasteiger partial charge in [-0.3, -0.25) is 9.67 Å². The smallest absolute Gasteiger partial charge is 0.381 e. The molecule has 0 aliphatic heterocycles. The fraction of sp³-hybridized carbons (Fsp3) is 0.185. The van der Waals surface area contributed by atoms with Gasteiger partial charge in [0.2, 0.25) is 0 Å². The number of aromatic nitrogens is 6. The second-order valence-corrected chi connectivity index (χ2v) is 9.00. The Labute approximate surface area is 219 Å². The molecule has 0 bridgehead atoms. The Bertz CT molecular complexity index is 1570. The lowest BCUT2D eigenvalue weighted by molar-refractivity contribution is -0.137. The summed E-state index contributed by atoms with van der Waals surface area (Å²) in [6, 6.07) is 9.89. The first-order chi connectivity index (χ1) is 18.6. The van der Waals surface area contributed by atoms with Crippen molar-refractivity contribution in [2.24, 2.45) is 0 Å². The molecule has 3 aromatic heterocycles. The van der Waals surface area contributed by atoms with Crippen molar-refractivity contribution in [3.63, 3.8) is 0 Å². The van der Waals surface area contributed by atoms with E-state index < -0.39 is 35.0 Å². The van der Waals surface area contributed by atoms with Gasteiger partial charge in [-0.25, -0.2) is 18.4 Å². The average molecular weight is 540 g/mol. The van der Waals surface area contributed by atoms with Crippen LogP contribution in [-0.4, -0.2) is 34.6 Å². The molecule has 0 saturated carbocycles. The molecule has 200 valence electrons. The normalized spacial score (nSPS) is 14.2. The monoisotopic (exact) mass is 540 g/mol. The predicted molar refractivity (Wildman–Crippen MR) is 131 cm³/mol. The summed E-state index contributed by atoms with van der Waals surface area (Å²) in [5.74, 6) is -1.77. The van der Waals surface area contributed by atoms with Crippen molar-refractivity contribution < 1.29 is 27.1 Å². The zero-order valence-corrected chi connectivity index (χ0v) is 20.4. The number of halogens is 5. The summed E-state index contributed by atoms with van der Waals surface area (Å²) in [5.41, 5.74) is -1.03. The third-order valence-corrected chi connectivity index (χ3v) is 6.56. The van der Waals surface area contributed by atoms with Crippen molar-refractivity contribution in [3.8, 4) is 22.4 Å². The molecule has 0 fully saturated rings. The third-order valence-electron chi connectivity index (χ3n) is 6.56. The number of pyridine rings is 1. The fourth-order valence-electron chi connectivity index (χ4n) is 4.43. The van der Waals surface area contributed by atoms with Crippen molar-refractivity contribution in [2.45, 2.75) is 31.3 Å². The highest BCUT2D eigenvalue weighted by Crippen LogP contribution is 2.40. The Morgan fingerprint density at radius 1 is 0.923 bits per heavy atom. The maximum absolute atomic E-state index is 15.0. The van der Waals surface area contributed by atoms with Crippen molar-refractivity contribution in [1.82, 2.24) is 29.5 Å². The van der Waals surface area contributed by atoms with Crippen LogP contribution in [0.4, 0.5) is 22.0 Å². The molecule has 7 nitrogen and oxygen atoms in total. The highest BCUT2D eigenvalue weighted by molar-refractivity contribution is 5.80. The Balaban J connectivity index is 1.64. The molecule has 5 aromatic rings. The van der Waals surface area contributed by atoms with Crippen molar-refractivity contribution in [1.29, 1.82) is 0 Å². The van der Waals surface area contributed by atoms with Crippen LogP contribution in [-0.2, 0) is 18.3 Å². The summed E-state index contributed by atoms with van der Waals surface area (Å²) >= 11 is 0. The topological polar surface area (TPSA) is 81.6 Å². The molecular weight excluding hydrogens is 519 g/mol. The molecule has 5 rings (SSSR count). The van der Waals surface area contributed by atoms with Gasteiger partial charge >= 0.3 is 6.18 Å². The molecule has 1 N–H and O–H groups in total. The molecule has 39 heavy (non-hydrogen) atoms. The van der Waals surface area contributed by atoms with E-state index in [2.05, 4.69) is 20.2 Å². The Morgan fingerprint density at radius 2 is 1.64 bits per heavy atom. The van der Waals surface area contributed by atoms with Crippen LogP contribution in [0.3, 0.4) is 0 Å². The molecule has 0 unspecified atom stereocenters. The molecule has 0 saturated heterocycles. The Morgan fingerprint density at radius 3 is 2.26 bits per heavy atom. The molecule has 0 amide bonds. The maximum atomic E-state index is 15.0. The van der Waals surface area contributed by atoms with E-state index >= 15 is 4.39 Å². The summed E-state index contributed by atoms with van der Waals surface area (Å²) in [5, 5.41) is 20.6. The van der Waals surface area contributed by atoms with Crippen LogP contribution in [0.15, 0.2) is 85.8 Å². The lowest BCUT2D eigenvalue weighted by Crippen LogP contribution is -2.40. The first-order valence-corrected chi connectivity index (χ1v) is 11.7.